The van der Waals surface area contributed by atoms with Crippen LogP contribution >= 0.6 is 11.6 Å². The Morgan fingerprint density at radius 2 is 2.31 bits per heavy atom. The zero-order chi connectivity index (χ0) is 18.1. The first-order chi connectivity index (χ1) is 12.7. The number of alkyl halides is 1. The molecular formula is C18H18ClFN6. The summed E-state index contributed by atoms with van der Waals surface area (Å²) in [5, 5.41) is 15.0. The fraction of sp³-hybridized carbons (Fsp3) is 0.389. The van der Waals surface area contributed by atoms with Crippen LogP contribution in [0.5, 0.6) is 0 Å². The van der Waals surface area contributed by atoms with Crippen molar-refractivity contribution in [1.29, 1.82) is 5.26 Å². The lowest BCUT2D eigenvalue weighted by atomic mass is 10.1. The summed E-state index contributed by atoms with van der Waals surface area (Å²) in [4.78, 5) is 14.0. The van der Waals surface area contributed by atoms with Crippen LogP contribution in [0.1, 0.15) is 18.5 Å². The minimum atomic E-state index is -0.301. The van der Waals surface area contributed by atoms with E-state index in [1.807, 2.05) is 0 Å². The van der Waals surface area contributed by atoms with E-state index in [9.17, 15) is 4.39 Å². The highest BCUT2D eigenvalue weighted by molar-refractivity contribution is 6.35. The Hall–Kier alpha value is -2.43. The molecule has 1 aliphatic heterocycles. The van der Waals surface area contributed by atoms with E-state index in [4.69, 9.17) is 16.9 Å². The highest BCUT2D eigenvalue weighted by Gasteiger charge is 2.26. The van der Waals surface area contributed by atoms with E-state index < -0.39 is 0 Å². The van der Waals surface area contributed by atoms with Gasteiger partial charge in [0, 0.05) is 24.5 Å². The zero-order valence-electron chi connectivity index (χ0n) is 14.1. The molecule has 2 N–H and O–H groups in total. The lowest BCUT2D eigenvalue weighted by Crippen LogP contribution is -2.33. The number of H-pyrrole nitrogens is 1. The second kappa shape index (κ2) is 7.06. The van der Waals surface area contributed by atoms with Crippen LogP contribution in [0.15, 0.2) is 18.5 Å². The minimum Gasteiger partial charge on any atom is -0.368 e. The van der Waals surface area contributed by atoms with E-state index >= 15 is 0 Å². The molecule has 0 bridgehead atoms. The molecule has 3 aromatic rings. The Kier molecular flexibility index (Phi) is 4.62. The number of anilines is 1. The maximum Gasteiger partial charge on any atom is 0.141 e. The van der Waals surface area contributed by atoms with E-state index in [-0.39, 0.29) is 6.67 Å². The van der Waals surface area contributed by atoms with Gasteiger partial charge in [0.05, 0.1) is 40.7 Å². The summed E-state index contributed by atoms with van der Waals surface area (Å²) in [6, 6.07) is 4.15. The van der Waals surface area contributed by atoms with Gasteiger partial charge in [0.2, 0.25) is 0 Å². The Balaban J connectivity index is 1.75. The fourth-order valence-corrected chi connectivity index (χ4v) is 3.85. The molecule has 1 fully saturated rings. The van der Waals surface area contributed by atoms with E-state index in [1.54, 1.807) is 18.5 Å². The van der Waals surface area contributed by atoms with Crippen LogP contribution in [-0.2, 0) is 0 Å². The molecule has 0 spiro atoms. The Morgan fingerprint density at radius 3 is 3.12 bits per heavy atom. The number of fused-ring (bicyclic) bond motifs is 3. The van der Waals surface area contributed by atoms with Crippen molar-refractivity contribution in [3.05, 3.63) is 29.2 Å². The van der Waals surface area contributed by atoms with Gasteiger partial charge >= 0.3 is 0 Å². The van der Waals surface area contributed by atoms with Crippen molar-refractivity contribution in [2.45, 2.75) is 18.9 Å². The molecule has 0 saturated carbocycles. The smallest absolute Gasteiger partial charge is 0.141 e. The van der Waals surface area contributed by atoms with Crippen LogP contribution in [-0.4, -0.2) is 47.3 Å². The summed E-state index contributed by atoms with van der Waals surface area (Å²) < 4.78 is 12.3. The summed E-state index contributed by atoms with van der Waals surface area (Å²) >= 11 is 6.52. The molecule has 134 valence electrons. The van der Waals surface area contributed by atoms with Crippen molar-refractivity contribution in [2.24, 2.45) is 0 Å². The van der Waals surface area contributed by atoms with Crippen LogP contribution in [0.2, 0.25) is 5.02 Å². The molecule has 1 unspecified atom stereocenters. The van der Waals surface area contributed by atoms with Gasteiger partial charge < -0.3 is 15.2 Å². The highest BCUT2D eigenvalue weighted by atomic mass is 35.5. The van der Waals surface area contributed by atoms with E-state index in [0.29, 0.717) is 29.7 Å². The normalized spacial score (nSPS) is 17.3. The molecule has 0 aliphatic carbocycles. The van der Waals surface area contributed by atoms with Crippen molar-refractivity contribution in [2.75, 3.05) is 31.2 Å². The van der Waals surface area contributed by atoms with Gasteiger partial charge in [-0.05, 0) is 25.5 Å². The SMILES string of the molecule is N#Cc1cc2c(cn1)[nH]c1ncc(Cl)c(N3CCC(NCCCF)C3)c12. The molecule has 1 aliphatic rings. The van der Waals surface area contributed by atoms with Crippen molar-refractivity contribution >= 4 is 39.2 Å². The third-order valence-corrected chi connectivity index (χ3v) is 5.07. The third kappa shape index (κ3) is 2.96. The van der Waals surface area contributed by atoms with Crippen LogP contribution in [0.4, 0.5) is 10.1 Å². The number of rotatable bonds is 5. The molecular weight excluding hydrogens is 355 g/mol. The average Bonchev–Trinajstić information content (AvgIpc) is 3.26. The van der Waals surface area contributed by atoms with Gasteiger partial charge in [0.25, 0.3) is 0 Å². The van der Waals surface area contributed by atoms with Gasteiger partial charge in [0.1, 0.15) is 17.4 Å². The summed E-state index contributed by atoms with van der Waals surface area (Å²) in [5.74, 6) is 0. The molecule has 26 heavy (non-hydrogen) atoms. The van der Waals surface area contributed by atoms with Crippen molar-refractivity contribution in [3.8, 4) is 6.07 Å². The molecule has 0 amide bonds. The highest BCUT2D eigenvalue weighted by Crippen LogP contribution is 2.39. The van der Waals surface area contributed by atoms with Crippen LogP contribution in [0.3, 0.4) is 0 Å². The van der Waals surface area contributed by atoms with Crippen molar-refractivity contribution < 1.29 is 4.39 Å². The molecule has 8 heteroatoms. The first-order valence-corrected chi connectivity index (χ1v) is 8.99. The second-order valence-corrected chi connectivity index (χ2v) is 6.87. The quantitative estimate of drug-likeness (QED) is 0.672. The number of nitrogens with zero attached hydrogens (tertiary/aromatic N) is 4. The van der Waals surface area contributed by atoms with Gasteiger partial charge in [-0.15, -0.1) is 0 Å². The lowest BCUT2D eigenvalue weighted by molar-refractivity contribution is 0.443. The third-order valence-electron chi connectivity index (χ3n) is 4.80. The van der Waals surface area contributed by atoms with E-state index in [0.717, 1.165) is 47.1 Å². The Bertz CT molecular complexity index is 995. The summed E-state index contributed by atoms with van der Waals surface area (Å²) in [6.45, 7) is 2.03. The summed E-state index contributed by atoms with van der Waals surface area (Å²) in [5.41, 5.74) is 2.83. The van der Waals surface area contributed by atoms with E-state index in [2.05, 4.69) is 31.2 Å². The molecule has 3 aromatic heterocycles. The number of hydrogen-bond donors (Lipinski definition) is 2. The number of hydrogen-bond acceptors (Lipinski definition) is 5. The molecule has 6 nitrogen and oxygen atoms in total. The molecule has 0 aromatic carbocycles. The number of aromatic amines is 1. The molecule has 1 atom stereocenters. The standard InChI is InChI=1S/C18H18ClFN6/c19-14-8-24-18-16(13-6-12(7-21)23-9-15(13)25-18)17(14)26-5-2-11(10-26)22-4-1-3-20/h6,8-9,11,22H,1-5,10H2,(H,24,25). The predicted octanol–water partition coefficient (Wildman–Crippen LogP) is 3.16. The zero-order valence-corrected chi connectivity index (χ0v) is 14.9. The fourth-order valence-electron chi connectivity index (χ4n) is 3.59. The topological polar surface area (TPSA) is 80.6 Å². The number of pyridine rings is 2. The van der Waals surface area contributed by atoms with Gasteiger partial charge in [-0.25, -0.2) is 9.97 Å². The van der Waals surface area contributed by atoms with Gasteiger partial charge in [-0.2, -0.15) is 5.26 Å². The maximum absolute atomic E-state index is 12.3. The molecule has 4 rings (SSSR count). The Labute approximate surface area is 155 Å². The van der Waals surface area contributed by atoms with Crippen molar-refractivity contribution in [1.82, 2.24) is 20.3 Å². The summed E-state index contributed by atoms with van der Waals surface area (Å²) in [6.07, 6.45) is 4.80. The molecule has 4 heterocycles. The largest absolute Gasteiger partial charge is 0.368 e. The second-order valence-electron chi connectivity index (χ2n) is 6.46. The monoisotopic (exact) mass is 372 g/mol. The van der Waals surface area contributed by atoms with Gasteiger partial charge in [-0.3, -0.25) is 4.39 Å². The average molecular weight is 373 g/mol. The van der Waals surface area contributed by atoms with Gasteiger partial charge in [-0.1, -0.05) is 11.6 Å². The lowest BCUT2D eigenvalue weighted by Gasteiger charge is -2.21. The molecule has 1 saturated heterocycles. The Morgan fingerprint density at radius 1 is 1.42 bits per heavy atom. The number of nitriles is 1. The van der Waals surface area contributed by atoms with Crippen LogP contribution in [0.25, 0.3) is 21.9 Å². The van der Waals surface area contributed by atoms with Crippen LogP contribution < -0.4 is 10.2 Å². The molecule has 0 radical (unpaired) electrons. The maximum atomic E-state index is 12.3. The number of halogens is 2. The number of aromatic nitrogens is 3. The predicted molar refractivity (Wildman–Crippen MR) is 100 cm³/mol. The van der Waals surface area contributed by atoms with Crippen molar-refractivity contribution in [3.63, 3.8) is 0 Å². The summed E-state index contributed by atoms with van der Waals surface area (Å²) in [7, 11) is 0. The van der Waals surface area contributed by atoms with Gasteiger partial charge in [0.15, 0.2) is 0 Å². The number of nitrogens with one attached hydrogen (secondary N) is 2. The van der Waals surface area contributed by atoms with Crippen LogP contribution in [0, 0.1) is 11.3 Å². The first kappa shape index (κ1) is 17.0. The first-order valence-electron chi connectivity index (χ1n) is 8.61. The minimum absolute atomic E-state index is 0.301. The van der Waals surface area contributed by atoms with E-state index in [1.165, 1.54) is 0 Å².